The van der Waals surface area contributed by atoms with Crippen molar-refractivity contribution >= 4 is 6.09 Å². The first kappa shape index (κ1) is 15.2. The quantitative estimate of drug-likeness (QED) is 0.783. The lowest BCUT2D eigenvalue weighted by Crippen LogP contribution is -2.59. The molecular formula is C13H25NO4. The maximum atomic E-state index is 12.3. The average Bonchev–Trinajstić information content (AvgIpc) is 2.35. The van der Waals surface area contributed by atoms with Gasteiger partial charge in [0.15, 0.2) is 0 Å². The highest BCUT2D eigenvalue weighted by Crippen LogP contribution is 2.38. The second-order valence-corrected chi connectivity index (χ2v) is 6.58. The van der Waals surface area contributed by atoms with Gasteiger partial charge in [-0.2, -0.15) is 0 Å². The molecule has 5 nitrogen and oxygen atoms in total. The smallest absolute Gasteiger partial charge is 0.413 e. The lowest BCUT2D eigenvalue weighted by molar-refractivity contribution is -0.0782. The van der Waals surface area contributed by atoms with Crippen molar-refractivity contribution in [1.29, 1.82) is 0 Å². The van der Waals surface area contributed by atoms with Gasteiger partial charge in [-0.3, -0.25) is 4.90 Å². The van der Waals surface area contributed by atoms with E-state index < -0.39 is 29.1 Å². The minimum absolute atomic E-state index is 0.289. The summed E-state index contributed by atoms with van der Waals surface area (Å²) in [6, 6.07) is 0. The number of carbonyl (C=O) groups excluding carboxylic acids is 1. The maximum absolute atomic E-state index is 12.3. The predicted octanol–water partition coefficient (Wildman–Crippen LogP) is 2.13. The molecule has 18 heavy (non-hydrogen) atoms. The van der Waals surface area contributed by atoms with Crippen LogP contribution in [0.15, 0.2) is 0 Å². The van der Waals surface area contributed by atoms with Crippen LogP contribution in [-0.4, -0.2) is 45.7 Å². The molecule has 1 fully saturated rings. The van der Waals surface area contributed by atoms with Gasteiger partial charge in [-0.1, -0.05) is 0 Å². The summed E-state index contributed by atoms with van der Waals surface area (Å²) < 4.78 is 11.0. The summed E-state index contributed by atoms with van der Waals surface area (Å²) in [5, 5.41) is 9.93. The Bertz CT molecular complexity index is 332. The van der Waals surface area contributed by atoms with Gasteiger partial charge in [0.25, 0.3) is 0 Å². The zero-order valence-electron chi connectivity index (χ0n) is 12.4. The topological polar surface area (TPSA) is 59.0 Å². The largest absolute Gasteiger partial charge is 0.444 e. The minimum Gasteiger partial charge on any atom is -0.444 e. The lowest BCUT2D eigenvalue weighted by Gasteiger charge is -2.41. The fourth-order valence-corrected chi connectivity index (χ4v) is 2.11. The van der Waals surface area contributed by atoms with Gasteiger partial charge >= 0.3 is 6.09 Å². The van der Waals surface area contributed by atoms with Crippen molar-refractivity contribution in [2.24, 2.45) is 0 Å². The molecule has 1 heterocycles. The third-order valence-electron chi connectivity index (χ3n) is 3.24. The Morgan fingerprint density at radius 1 is 1.39 bits per heavy atom. The minimum atomic E-state index is -0.784. The predicted molar refractivity (Wildman–Crippen MR) is 68.2 cm³/mol. The fraction of sp³-hybridized carbons (Fsp3) is 0.923. The molecule has 0 aromatic carbocycles. The van der Waals surface area contributed by atoms with Crippen LogP contribution in [0.2, 0.25) is 0 Å². The van der Waals surface area contributed by atoms with Gasteiger partial charge in [-0.15, -0.1) is 0 Å². The Hall–Kier alpha value is -0.810. The number of hydrogen-bond acceptors (Lipinski definition) is 4. The lowest BCUT2D eigenvalue weighted by atomic mass is 9.95. The van der Waals surface area contributed by atoms with Crippen LogP contribution < -0.4 is 0 Å². The Kier molecular flexibility index (Phi) is 3.71. The Labute approximate surface area is 109 Å². The molecule has 0 saturated carbocycles. The molecule has 1 amide bonds. The van der Waals surface area contributed by atoms with E-state index in [4.69, 9.17) is 9.47 Å². The fourth-order valence-electron chi connectivity index (χ4n) is 2.11. The van der Waals surface area contributed by atoms with Crippen molar-refractivity contribution in [3.8, 4) is 0 Å². The summed E-state index contributed by atoms with van der Waals surface area (Å²) >= 11 is 0. The molecule has 0 aliphatic carbocycles. The Morgan fingerprint density at radius 3 is 2.28 bits per heavy atom. The number of aliphatic hydroxyl groups is 1. The van der Waals surface area contributed by atoms with Gasteiger partial charge in [0, 0.05) is 0 Å². The summed E-state index contributed by atoms with van der Waals surface area (Å²) in [4.78, 5) is 13.8. The first-order valence-electron chi connectivity index (χ1n) is 6.25. The number of hydrogen-bond donors (Lipinski definition) is 1. The van der Waals surface area contributed by atoms with Crippen LogP contribution in [0.5, 0.6) is 0 Å². The zero-order chi connectivity index (χ0) is 14.4. The molecule has 2 atom stereocenters. The molecule has 0 aromatic rings. The highest BCUT2D eigenvalue weighted by atomic mass is 16.6. The third kappa shape index (κ3) is 2.78. The van der Waals surface area contributed by atoms with E-state index in [1.54, 1.807) is 27.7 Å². The van der Waals surface area contributed by atoms with E-state index in [0.29, 0.717) is 0 Å². The van der Waals surface area contributed by atoms with Crippen molar-refractivity contribution in [3.05, 3.63) is 0 Å². The summed E-state index contributed by atoms with van der Waals surface area (Å²) in [6.07, 6.45) is -1.17. The maximum Gasteiger partial charge on any atom is 0.413 e. The number of aliphatic hydroxyl groups excluding tert-OH is 1. The van der Waals surface area contributed by atoms with Crippen molar-refractivity contribution in [3.63, 3.8) is 0 Å². The summed E-state index contributed by atoms with van der Waals surface area (Å²) in [7, 11) is 0. The molecule has 106 valence electrons. The van der Waals surface area contributed by atoms with Gasteiger partial charge in [0.05, 0.1) is 18.2 Å². The van der Waals surface area contributed by atoms with E-state index in [1.165, 1.54) is 4.90 Å². The van der Waals surface area contributed by atoms with Gasteiger partial charge in [0.1, 0.15) is 11.3 Å². The van der Waals surface area contributed by atoms with Crippen molar-refractivity contribution in [2.45, 2.75) is 71.4 Å². The standard InChI is InChI=1S/C13H25NO4/c1-9(15)13(7)8-17-12(5,6)14(13)10(16)18-11(2,3)4/h9,15H,8H2,1-7H3/t9-,13+/m1/s1. The number of nitrogens with zero attached hydrogens (tertiary/aromatic N) is 1. The SMILES string of the molecule is C[C@@H](O)[C@]1(C)COC(C)(C)N1C(=O)OC(C)(C)C. The first-order chi connectivity index (χ1) is 7.90. The van der Waals surface area contributed by atoms with Gasteiger partial charge < -0.3 is 14.6 Å². The second kappa shape index (κ2) is 4.38. The number of rotatable bonds is 1. The van der Waals surface area contributed by atoms with Crippen LogP contribution in [0.1, 0.15) is 48.5 Å². The van der Waals surface area contributed by atoms with Gasteiger partial charge in [-0.05, 0) is 48.5 Å². The first-order valence-corrected chi connectivity index (χ1v) is 6.25. The van der Waals surface area contributed by atoms with Crippen molar-refractivity contribution < 1.29 is 19.4 Å². The summed E-state index contributed by atoms with van der Waals surface area (Å²) in [5.41, 5.74) is -2.13. The van der Waals surface area contributed by atoms with Crippen LogP contribution in [0.3, 0.4) is 0 Å². The van der Waals surface area contributed by atoms with E-state index >= 15 is 0 Å². The van der Waals surface area contributed by atoms with Crippen molar-refractivity contribution in [1.82, 2.24) is 4.90 Å². The van der Waals surface area contributed by atoms with Crippen LogP contribution in [0, 0.1) is 0 Å². The highest BCUT2D eigenvalue weighted by molar-refractivity contribution is 5.70. The molecule has 5 heteroatoms. The average molecular weight is 259 g/mol. The molecule has 1 rings (SSSR count). The number of ether oxygens (including phenoxy) is 2. The third-order valence-corrected chi connectivity index (χ3v) is 3.24. The normalized spacial score (nSPS) is 29.2. The number of carbonyl (C=O) groups is 1. The summed E-state index contributed by atoms with van der Waals surface area (Å²) in [6.45, 7) is 12.8. The van der Waals surface area contributed by atoms with E-state index in [2.05, 4.69) is 0 Å². The van der Waals surface area contributed by atoms with E-state index in [0.717, 1.165) is 0 Å². The number of amides is 1. The van der Waals surface area contributed by atoms with Crippen LogP contribution >= 0.6 is 0 Å². The molecule has 0 unspecified atom stereocenters. The van der Waals surface area contributed by atoms with Crippen LogP contribution in [-0.2, 0) is 9.47 Å². The second-order valence-electron chi connectivity index (χ2n) is 6.58. The molecule has 0 aromatic heterocycles. The van der Waals surface area contributed by atoms with Crippen molar-refractivity contribution in [2.75, 3.05) is 6.61 Å². The molecule has 0 bridgehead atoms. The van der Waals surface area contributed by atoms with E-state index in [-0.39, 0.29) is 6.61 Å². The van der Waals surface area contributed by atoms with Gasteiger partial charge in [-0.25, -0.2) is 4.79 Å². The summed E-state index contributed by atoms with van der Waals surface area (Å²) in [5.74, 6) is 0. The highest BCUT2D eigenvalue weighted by Gasteiger charge is 2.55. The molecule has 0 spiro atoms. The Balaban J connectivity index is 3.04. The van der Waals surface area contributed by atoms with E-state index in [9.17, 15) is 9.90 Å². The molecular weight excluding hydrogens is 234 g/mol. The molecule has 1 N–H and O–H groups in total. The Morgan fingerprint density at radius 2 is 1.89 bits per heavy atom. The monoisotopic (exact) mass is 259 g/mol. The molecule has 1 aliphatic heterocycles. The van der Waals surface area contributed by atoms with Crippen LogP contribution in [0.25, 0.3) is 0 Å². The molecule has 1 aliphatic rings. The molecule has 0 radical (unpaired) electrons. The van der Waals surface area contributed by atoms with Crippen LogP contribution in [0.4, 0.5) is 4.79 Å². The molecule has 1 saturated heterocycles. The zero-order valence-corrected chi connectivity index (χ0v) is 12.4. The van der Waals surface area contributed by atoms with E-state index in [1.807, 2.05) is 20.8 Å². The van der Waals surface area contributed by atoms with Gasteiger partial charge in [0.2, 0.25) is 0 Å².